The van der Waals surface area contributed by atoms with Crippen molar-refractivity contribution in [2.24, 2.45) is 5.41 Å². The molecule has 0 radical (unpaired) electrons. The number of carbonyl (C=O) groups excluding carboxylic acids is 1. The molecular formula is C13H15F3N2O3S. The van der Waals surface area contributed by atoms with Crippen molar-refractivity contribution in [1.29, 1.82) is 0 Å². The molecule has 1 heterocycles. The van der Waals surface area contributed by atoms with Crippen molar-refractivity contribution in [3.8, 4) is 0 Å². The fourth-order valence-electron chi connectivity index (χ4n) is 2.30. The number of thiazole rings is 1. The number of carbonyl (C=O) groups is 2. The minimum atomic E-state index is -4.50. The van der Waals surface area contributed by atoms with Gasteiger partial charge in [-0.2, -0.15) is 13.2 Å². The normalized spacial score (nSPS) is 16.9. The van der Waals surface area contributed by atoms with Crippen molar-refractivity contribution in [3.63, 3.8) is 0 Å². The molecule has 0 aromatic carbocycles. The van der Waals surface area contributed by atoms with Crippen LogP contribution in [0.15, 0.2) is 5.38 Å². The predicted molar refractivity (Wildman–Crippen MR) is 72.1 cm³/mol. The molecule has 1 aliphatic carbocycles. The maximum Gasteiger partial charge on any atom is 0.434 e. The van der Waals surface area contributed by atoms with Crippen molar-refractivity contribution in [2.75, 3.05) is 7.05 Å². The van der Waals surface area contributed by atoms with E-state index in [1.807, 2.05) is 0 Å². The fourth-order valence-corrected chi connectivity index (χ4v) is 3.15. The molecule has 1 fully saturated rings. The molecule has 1 aliphatic rings. The van der Waals surface area contributed by atoms with Gasteiger partial charge in [-0.1, -0.05) is 6.42 Å². The van der Waals surface area contributed by atoms with Crippen LogP contribution in [0.5, 0.6) is 0 Å². The van der Waals surface area contributed by atoms with Gasteiger partial charge in [0, 0.05) is 18.8 Å². The minimum absolute atomic E-state index is 0.0602. The van der Waals surface area contributed by atoms with Crippen LogP contribution in [0.25, 0.3) is 0 Å². The van der Waals surface area contributed by atoms with Gasteiger partial charge in [-0.15, -0.1) is 11.3 Å². The molecule has 122 valence electrons. The Bertz CT molecular complexity index is 581. The monoisotopic (exact) mass is 336 g/mol. The maximum absolute atomic E-state index is 12.5. The Morgan fingerprint density at radius 1 is 1.45 bits per heavy atom. The molecule has 0 aliphatic heterocycles. The summed E-state index contributed by atoms with van der Waals surface area (Å²) >= 11 is 0.825. The number of carboxylic acids is 1. The Morgan fingerprint density at radius 2 is 2.09 bits per heavy atom. The molecular weight excluding hydrogens is 321 g/mol. The molecule has 1 aromatic rings. The summed E-state index contributed by atoms with van der Waals surface area (Å²) in [7, 11) is 1.44. The second-order valence-electron chi connectivity index (χ2n) is 5.49. The van der Waals surface area contributed by atoms with E-state index in [9.17, 15) is 27.9 Å². The van der Waals surface area contributed by atoms with Gasteiger partial charge in [0.05, 0.1) is 12.0 Å². The zero-order valence-electron chi connectivity index (χ0n) is 11.8. The smallest absolute Gasteiger partial charge is 0.434 e. The second kappa shape index (κ2) is 5.86. The summed E-state index contributed by atoms with van der Waals surface area (Å²) in [5, 5.41) is 10.3. The van der Waals surface area contributed by atoms with Gasteiger partial charge in [0.15, 0.2) is 5.69 Å². The molecule has 1 aromatic heterocycles. The largest absolute Gasteiger partial charge is 0.481 e. The Morgan fingerprint density at radius 3 is 2.50 bits per heavy atom. The first-order chi connectivity index (χ1) is 10.1. The van der Waals surface area contributed by atoms with Gasteiger partial charge in [-0.3, -0.25) is 9.59 Å². The summed E-state index contributed by atoms with van der Waals surface area (Å²) in [6, 6.07) is 0. The van der Waals surface area contributed by atoms with Crippen molar-refractivity contribution in [1.82, 2.24) is 9.88 Å². The van der Waals surface area contributed by atoms with Gasteiger partial charge in [-0.05, 0) is 12.8 Å². The summed E-state index contributed by atoms with van der Waals surface area (Å²) < 4.78 is 37.4. The van der Waals surface area contributed by atoms with Crippen molar-refractivity contribution < 1.29 is 27.9 Å². The summed E-state index contributed by atoms with van der Waals surface area (Å²) in [6.07, 6.45) is -2.95. The summed E-state index contributed by atoms with van der Waals surface area (Å²) in [6.45, 7) is -0.0602. The third-order valence-electron chi connectivity index (χ3n) is 3.89. The van der Waals surface area contributed by atoms with E-state index in [0.717, 1.165) is 23.1 Å². The third-order valence-corrected chi connectivity index (χ3v) is 4.73. The number of aromatic nitrogens is 1. The first kappa shape index (κ1) is 16.7. The van der Waals surface area contributed by atoms with E-state index in [-0.39, 0.29) is 18.0 Å². The Labute approximate surface area is 128 Å². The zero-order valence-corrected chi connectivity index (χ0v) is 12.6. The molecule has 0 spiro atoms. The Hall–Kier alpha value is -1.64. The third kappa shape index (κ3) is 3.40. The van der Waals surface area contributed by atoms with Crippen molar-refractivity contribution in [3.05, 3.63) is 16.1 Å². The lowest BCUT2D eigenvalue weighted by molar-refractivity contribution is -0.159. The molecule has 1 N–H and O–H groups in total. The average molecular weight is 336 g/mol. The highest BCUT2D eigenvalue weighted by Gasteiger charge is 2.46. The van der Waals surface area contributed by atoms with Crippen LogP contribution in [0, 0.1) is 5.41 Å². The number of nitrogens with zero attached hydrogens (tertiary/aromatic N) is 2. The van der Waals surface area contributed by atoms with Gasteiger partial charge in [0.2, 0.25) is 5.91 Å². The number of halogens is 3. The summed E-state index contributed by atoms with van der Waals surface area (Å²) in [5.41, 5.74) is -1.99. The Balaban J connectivity index is 1.97. The fraction of sp³-hybridized carbons (Fsp3) is 0.615. The first-order valence-electron chi connectivity index (χ1n) is 6.63. The molecule has 9 heteroatoms. The summed E-state index contributed by atoms with van der Waals surface area (Å²) in [4.78, 5) is 28.0. The van der Waals surface area contributed by atoms with Crippen LogP contribution in [0.2, 0.25) is 0 Å². The average Bonchev–Trinajstić information content (AvgIpc) is 2.81. The molecule has 1 amide bonds. The van der Waals surface area contributed by atoms with E-state index in [1.165, 1.54) is 11.9 Å². The van der Waals surface area contributed by atoms with Crippen LogP contribution in [0.3, 0.4) is 0 Å². The molecule has 0 bridgehead atoms. The zero-order chi connectivity index (χ0) is 16.5. The van der Waals surface area contributed by atoms with Crippen molar-refractivity contribution >= 4 is 23.2 Å². The summed E-state index contributed by atoms with van der Waals surface area (Å²) in [5.74, 6) is -1.39. The number of amides is 1. The molecule has 5 nitrogen and oxygen atoms in total. The standard InChI is InChI=1S/C13H15F3N2O3S/c1-18(6-9-17-8(7-22-9)13(14,15)16)10(19)5-12(11(20)21)3-2-4-12/h7H,2-6H2,1H3,(H,20,21). The van der Waals surface area contributed by atoms with Crippen LogP contribution < -0.4 is 0 Å². The maximum atomic E-state index is 12.5. The number of carboxylic acid groups (broad SMARTS) is 1. The van der Waals surface area contributed by atoms with Gasteiger partial charge < -0.3 is 10.0 Å². The topological polar surface area (TPSA) is 70.5 Å². The second-order valence-corrected chi connectivity index (χ2v) is 6.43. The Kier molecular flexibility index (Phi) is 4.46. The highest BCUT2D eigenvalue weighted by molar-refractivity contribution is 7.09. The van der Waals surface area contributed by atoms with Crippen LogP contribution in [0.1, 0.15) is 36.4 Å². The molecule has 0 unspecified atom stereocenters. The molecule has 0 atom stereocenters. The number of hydrogen-bond acceptors (Lipinski definition) is 4. The first-order valence-corrected chi connectivity index (χ1v) is 7.51. The van der Waals surface area contributed by atoms with Crippen LogP contribution >= 0.6 is 11.3 Å². The molecule has 22 heavy (non-hydrogen) atoms. The lowest BCUT2D eigenvalue weighted by atomic mass is 9.66. The number of alkyl halides is 3. The van der Waals surface area contributed by atoms with Gasteiger partial charge in [0.25, 0.3) is 0 Å². The van der Waals surface area contributed by atoms with Gasteiger partial charge in [0.1, 0.15) is 5.01 Å². The van der Waals surface area contributed by atoms with Crippen LogP contribution in [0.4, 0.5) is 13.2 Å². The minimum Gasteiger partial charge on any atom is -0.481 e. The molecule has 0 saturated heterocycles. The lowest BCUT2D eigenvalue weighted by Crippen LogP contribution is -2.42. The quantitative estimate of drug-likeness (QED) is 0.897. The van der Waals surface area contributed by atoms with E-state index >= 15 is 0 Å². The highest BCUT2D eigenvalue weighted by Crippen LogP contribution is 2.44. The van der Waals surface area contributed by atoms with Crippen LogP contribution in [-0.2, 0) is 22.3 Å². The SMILES string of the molecule is CN(Cc1nc(C(F)(F)F)cs1)C(=O)CC1(C(=O)O)CCC1. The predicted octanol–water partition coefficient (Wildman–Crippen LogP) is 2.77. The van der Waals surface area contributed by atoms with E-state index in [0.29, 0.717) is 12.8 Å². The van der Waals surface area contributed by atoms with Gasteiger partial charge >= 0.3 is 12.1 Å². The van der Waals surface area contributed by atoms with Crippen LogP contribution in [-0.4, -0.2) is 33.9 Å². The van der Waals surface area contributed by atoms with E-state index in [1.54, 1.807) is 0 Å². The number of rotatable bonds is 5. The number of hydrogen-bond donors (Lipinski definition) is 1. The van der Waals surface area contributed by atoms with E-state index in [2.05, 4.69) is 4.98 Å². The number of aliphatic carboxylic acids is 1. The lowest BCUT2D eigenvalue weighted by Gasteiger charge is -2.37. The van der Waals surface area contributed by atoms with E-state index in [4.69, 9.17) is 0 Å². The molecule has 2 rings (SSSR count). The van der Waals surface area contributed by atoms with Crippen molar-refractivity contribution in [2.45, 2.75) is 38.4 Å². The van der Waals surface area contributed by atoms with E-state index < -0.39 is 29.2 Å². The highest BCUT2D eigenvalue weighted by atomic mass is 32.1. The van der Waals surface area contributed by atoms with Gasteiger partial charge in [-0.25, -0.2) is 4.98 Å². The molecule has 1 saturated carbocycles.